The number of likely N-dealkylation sites (tertiary alicyclic amines) is 1. The molecule has 2 atom stereocenters. The zero-order valence-electron chi connectivity index (χ0n) is 14.9. The first-order valence-electron chi connectivity index (χ1n) is 8.79. The van der Waals surface area contributed by atoms with Crippen molar-refractivity contribution in [2.75, 3.05) is 26.7 Å². The smallest absolute Gasteiger partial charge is 0.315 e. The molecule has 1 aromatic heterocycles. The maximum atomic E-state index is 12.1. The zero-order chi connectivity index (χ0) is 17.6. The lowest BCUT2D eigenvalue weighted by atomic mass is 9.89. The molecule has 3 rings (SSSR count). The van der Waals surface area contributed by atoms with Crippen LogP contribution in [-0.4, -0.2) is 42.6 Å². The number of pyridine rings is 1. The van der Waals surface area contributed by atoms with E-state index in [0.717, 1.165) is 24.3 Å². The molecular weight excluding hydrogens is 312 g/mol. The SMILES string of the molecule is Cc1cccnc1CNC(=O)NC[C@@H]1CN(C)C[C@H]1c1ccccc1. The highest BCUT2D eigenvalue weighted by Crippen LogP contribution is 2.31. The number of benzene rings is 1. The maximum Gasteiger partial charge on any atom is 0.315 e. The van der Waals surface area contributed by atoms with E-state index in [1.54, 1.807) is 6.20 Å². The van der Waals surface area contributed by atoms with Crippen LogP contribution in [0, 0.1) is 12.8 Å². The molecule has 132 valence electrons. The molecule has 0 radical (unpaired) electrons. The van der Waals surface area contributed by atoms with Crippen molar-refractivity contribution in [2.24, 2.45) is 5.92 Å². The summed E-state index contributed by atoms with van der Waals surface area (Å²) in [5, 5.41) is 5.93. The summed E-state index contributed by atoms with van der Waals surface area (Å²) in [6, 6.07) is 14.3. The molecule has 1 aromatic carbocycles. The van der Waals surface area contributed by atoms with E-state index in [9.17, 15) is 4.79 Å². The predicted molar refractivity (Wildman–Crippen MR) is 99.4 cm³/mol. The van der Waals surface area contributed by atoms with Crippen LogP contribution in [0.2, 0.25) is 0 Å². The van der Waals surface area contributed by atoms with Gasteiger partial charge in [0.25, 0.3) is 0 Å². The highest BCUT2D eigenvalue weighted by molar-refractivity contribution is 5.73. The van der Waals surface area contributed by atoms with Gasteiger partial charge in [-0.15, -0.1) is 0 Å². The average Bonchev–Trinajstić information content (AvgIpc) is 3.01. The average molecular weight is 338 g/mol. The molecule has 5 nitrogen and oxygen atoms in total. The van der Waals surface area contributed by atoms with E-state index in [2.05, 4.69) is 51.8 Å². The summed E-state index contributed by atoms with van der Waals surface area (Å²) in [6.45, 7) is 5.16. The van der Waals surface area contributed by atoms with Crippen molar-refractivity contribution in [3.05, 3.63) is 65.5 Å². The number of hydrogen-bond donors (Lipinski definition) is 2. The Morgan fingerprint density at radius 3 is 2.72 bits per heavy atom. The van der Waals surface area contributed by atoms with Gasteiger partial charge in [-0.2, -0.15) is 0 Å². The van der Waals surface area contributed by atoms with Gasteiger partial charge in [0.05, 0.1) is 12.2 Å². The fourth-order valence-electron chi connectivity index (χ4n) is 3.53. The van der Waals surface area contributed by atoms with Crippen molar-refractivity contribution < 1.29 is 4.79 Å². The standard InChI is InChI=1S/C20H26N4O/c1-15-7-6-10-21-19(15)12-23-20(25)22-11-17-13-24(2)14-18(17)16-8-4-3-5-9-16/h3-10,17-18H,11-14H2,1-2H3,(H2,22,23,25)/t17-,18+/m1/s1. The van der Waals surface area contributed by atoms with Crippen molar-refractivity contribution in [3.63, 3.8) is 0 Å². The number of hydrogen-bond acceptors (Lipinski definition) is 3. The quantitative estimate of drug-likeness (QED) is 0.881. The first kappa shape index (κ1) is 17.4. The van der Waals surface area contributed by atoms with Crippen LogP contribution in [0.4, 0.5) is 4.79 Å². The van der Waals surface area contributed by atoms with Crippen molar-refractivity contribution in [1.29, 1.82) is 0 Å². The Morgan fingerprint density at radius 2 is 1.96 bits per heavy atom. The normalized spacial score (nSPS) is 20.4. The number of carbonyl (C=O) groups excluding carboxylic acids is 1. The first-order chi connectivity index (χ1) is 12.1. The molecule has 0 bridgehead atoms. The molecule has 5 heteroatoms. The third-order valence-electron chi connectivity index (χ3n) is 4.91. The summed E-state index contributed by atoms with van der Waals surface area (Å²) >= 11 is 0. The van der Waals surface area contributed by atoms with E-state index in [1.165, 1.54) is 5.56 Å². The maximum absolute atomic E-state index is 12.1. The number of urea groups is 1. The summed E-state index contributed by atoms with van der Waals surface area (Å²) in [5.74, 6) is 0.888. The van der Waals surface area contributed by atoms with Gasteiger partial charge in [-0.1, -0.05) is 36.4 Å². The lowest BCUT2D eigenvalue weighted by molar-refractivity contribution is 0.238. The van der Waals surface area contributed by atoms with Crippen molar-refractivity contribution in [1.82, 2.24) is 20.5 Å². The van der Waals surface area contributed by atoms with Gasteiger partial charge in [-0.05, 0) is 37.1 Å². The van der Waals surface area contributed by atoms with Gasteiger partial charge in [0, 0.05) is 31.7 Å². The molecule has 2 aromatic rings. The van der Waals surface area contributed by atoms with E-state index in [1.807, 2.05) is 25.1 Å². The molecule has 0 spiro atoms. The number of nitrogens with one attached hydrogen (secondary N) is 2. The summed E-state index contributed by atoms with van der Waals surface area (Å²) in [6.07, 6.45) is 1.75. The van der Waals surface area contributed by atoms with Crippen LogP contribution in [0.1, 0.15) is 22.7 Å². The van der Waals surface area contributed by atoms with Crippen LogP contribution in [0.15, 0.2) is 48.7 Å². The first-order valence-corrected chi connectivity index (χ1v) is 8.79. The Morgan fingerprint density at radius 1 is 1.16 bits per heavy atom. The van der Waals surface area contributed by atoms with E-state index in [0.29, 0.717) is 24.9 Å². The lowest BCUT2D eigenvalue weighted by Gasteiger charge is -2.19. The summed E-state index contributed by atoms with van der Waals surface area (Å²) < 4.78 is 0. The molecule has 0 aliphatic carbocycles. The molecule has 1 aliphatic rings. The fourth-order valence-corrected chi connectivity index (χ4v) is 3.53. The summed E-state index contributed by atoms with van der Waals surface area (Å²) in [7, 11) is 2.14. The van der Waals surface area contributed by atoms with E-state index < -0.39 is 0 Å². The third-order valence-corrected chi connectivity index (χ3v) is 4.91. The Balaban J connectivity index is 1.51. The second-order valence-corrected chi connectivity index (χ2v) is 6.83. The van der Waals surface area contributed by atoms with Crippen LogP contribution >= 0.6 is 0 Å². The molecule has 2 N–H and O–H groups in total. The molecule has 1 aliphatic heterocycles. The second-order valence-electron chi connectivity index (χ2n) is 6.83. The molecule has 0 saturated carbocycles. The summed E-state index contributed by atoms with van der Waals surface area (Å²) in [5.41, 5.74) is 3.34. The minimum Gasteiger partial charge on any atom is -0.338 e. The molecule has 2 amide bonds. The van der Waals surface area contributed by atoms with Crippen molar-refractivity contribution in [3.8, 4) is 0 Å². The van der Waals surface area contributed by atoms with Crippen molar-refractivity contribution in [2.45, 2.75) is 19.4 Å². The number of aromatic nitrogens is 1. The van der Waals surface area contributed by atoms with Crippen LogP contribution in [0.3, 0.4) is 0 Å². The van der Waals surface area contributed by atoms with E-state index in [-0.39, 0.29) is 6.03 Å². The zero-order valence-corrected chi connectivity index (χ0v) is 14.9. The van der Waals surface area contributed by atoms with Crippen molar-refractivity contribution >= 4 is 6.03 Å². The van der Waals surface area contributed by atoms with Gasteiger partial charge >= 0.3 is 6.03 Å². The largest absolute Gasteiger partial charge is 0.338 e. The van der Waals surface area contributed by atoms with Crippen LogP contribution in [0.5, 0.6) is 0 Å². The Bertz CT molecular complexity index is 704. The molecular formula is C20H26N4O. The fraction of sp³-hybridized carbons (Fsp3) is 0.400. The van der Waals surface area contributed by atoms with Gasteiger partial charge in [-0.25, -0.2) is 4.79 Å². The van der Waals surface area contributed by atoms with Crippen LogP contribution in [0.25, 0.3) is 0 Å². The van der Waals surface area contributed by atoms with E-state index in [4.69, 9.17) is 0 Å². The minimum atomic E-state index is -0.133. The number of aryl methyl sites for hydroxylation is 1. The molecule has 25 heavy (non-hydrogen) atoms. The third kappa shape index (κ3) is 4.57. The Hall–Kier alpha value is -2.40. The Labute approximate surface area is 149 Å². The van der Waals surface area contributed by atoms with Gasteiger partial charge in [0.2, 0.25) is 0 Å². The van der Waals surface area contributed by atoms with Gasteiger partial charge < -0.3 is 15.5 Å². The molecule has 1 saturated heterocycles. The van der Waals surface area contributed by atoms with Gasteiger partial charge in [0.15, 0.2) is 0 Å². The second kappa shape index (κ2) is 8.12. The van der Waals surface area contributed by atoms with E-state index >= 15 is 0 Å². The minimum absolute atomic E-state index is 0.133. The van der Waals surface area contributed by atoms with Gasteiger partial charge in [-0.3, -0.25) is 4.98 Å². The number of nitrogens with zero attached hydrogens (tertiary/aromatic N) is 2. The molecule has 1 fully saturated rings. The highest BCUT2D eigenvalue weighted by atomic mass is 16.2. The Kier molecular flexibility index (Phi) is 5.66. The number of likely N-dealkylation sites (N-methyl/N-ethyl adjacent to an activating group) is 1. The predicted octanol–water partition coefficient (Wildman–Crippen LogP) is 2.53. The number of rotatable bonds is 5. The molecule has 0 unspecified atom stereocenters. The summed E-state index contributed by atoms with van der Waals surface area (Å²) in [4.78, 5) is 18.8. The molecule has 2 heterocycles. The van der Waals surface area contributed by atoms with Gasteiger partial charge in [0.1, 0.15) is 0 Å². The monoisotopic (exact) mass is 338 g/mol. The number of amides is 2. The lowest BCUT2D eigenvalue weighted by Crippen LogP contribution is -2.39. The topological polar surface area (TPSA) is 57.3 Å². The number of carbonyl (C=O) groups is 1. The highest BCUT2D eigenvalue weighted by Gasteiger charge is 2.31. The van der Waals surface area contributed by atoms with Crippen LogP contribution < -0.4 is 10.6 Å². The van der Waals surface area contributed by atoms with Crippen LogP contribution in [-0.2, 0) is 6.54 Å².